The van der Waals surface area contributed by atoms with Crippen LogP contribution in [-0.4, -0.2) is 57.1 Å². The number of anilines is 1. The molecule has 2 aromatic rings. The van der Waals surface area contributed by atoms with Gasteiger partial charge in [-0.1, -0.05) is 0 Å². The average molecular weight is 373 g/mol. The maximum absolute atomic E-state index is 11.2. The molecule has 8 heteroatoms. The van der Waals surface area contributed by atoms with Gasteiger partial charge in [-0.3, -0.25) is 14.7 Å². The van der Waals surface area contributed by atoms with Crippen molar-refractivity contribution in [2.75, 3.05) is 31.1 Å². The number of nitrogens with zero attached hydrogens (tertiary/aromatic N) is 5. The Hall–Kier alpha value is -2.06. The molecule has 2 atom stereocenters. The molecule has 0 bridgehead atoms. The molecular formula is C18H23N5O2S. The maximum Gasteiger partial charge on any atom is 0.303 e. The van der Waals surface area contributed by atoms with Gasteiger partial charge in [0, 0.05) is 61.8 Å². The van der Waals surface area contributed by atoms with Gasteiger partial charge >= 0.3 is 5.97 Å². The Morgan fingerprint density at radius 2 is 2.23 bits per heavy atom. The van der Waals surface area contributed by atoms with E-state index in [0.29, 0.717) is 12.3 Å². The molecule has 0 aromatic carbocycles. The summed E-state index contributed by atoms with van der Waals surface area (Å²) < 4.78 is 0. The minimum Gasteiger partial charge on any atom is -0.481 e. The zero-order valence-electron chi connectivity index (χ0n) is 14.8. The summed E-state index contributed by atoms with van der Waals surface area (Å²) in [7, 11) is 0. The van der Waals surface area contributed by atoms with Gasteiger partial charge in [0.15, 0.2) is 0 Å². The highest BCUT2D eigenvalue weighted by Gasteiger charge is 2.52. The van der Waals surface area contributed by atoms with Gasteiger partial charge in [0.05, 0.1) is 17.4 Å². The molecule has 2 saturated heterocycles. The second-order valence-corrected chi connectivity index (χ2v) is 8.37. The first-order valence-electron chi connectivity index (χ1n) is 8.90. The standard InChI is InChI=1S/C18H23N5O2S/c1-13-15(26-12-21-13)9-22-7-14-8-23(16-6-19-4-5-20-16)11-18(14,10-22)3-2-17(24)25/h4-6,12,14H,2-3,7-11H2,1H3,(H,24,25). The molecule has 0 amide bonds. The van der Waals surface area contributed by atoms with Gasteiger partial charge in [-0.15, -0.1) is 11.3 Å². The average Bonchev–Trinajstić information content (AvgIpc) is 3.27. The van der Waals surface area contributed by atoms with Crippen LogP contribution in [0.3, 0.4) is 0 Å². The highest BCUT2D eigenvalue weighted by atomic mass is 32.1. The first-order valence-corrected chi connectivity index (χ1v) is 9.78. The van der Waals surface area contributed by atoms with Crippen molar-refractivity contribution in [3.05, 3.63) is 34.7 Å². The topological polar surface area (TPSA) is 82.5 Å². The van der Waals surface area contributed by atoms with Gasteiger partial charge in [0.25, 0.3) is 0 Å². The fourth-order valence-electron chi connectivity index (χ4n) is 4.43. The number of hydrogen-bond donors (Lipinski definition) is 1. The molecule has 2 fully saturated rings. The highest BCUT2D eigenvalue weighted by Crippen LogP contribution is 2.47. The molecule has 4 rings (SSSR count). The highest BCUT2D eigenvalue weighted by molar-refractivity contribution is 7.09. The summed E-state index contributed by atoms with van der Waals surface area (Å²) in [4.78, 5) is 30.2. The molecule has 0 saturated carbocycles. The van der Waals surface area contributed by atoms with Crippen molar-refractivity contribution in [3.8, 4) is 0 Å². The zero-order valence-corrected chi connectivity index (χ0v) is 15.7. The third-order valence-electron chi connectivity index (χ3n) is 5.75. The van der Waals surface area contributed by atoms with Crippen molar-refractivity contribution in [1.82, 2.24) is 19.9 Å². The Balaban J connectivity index is 1.51. The summed E-state index contributed by atoms with van der Waals surface area (Å²) in [5, 5.41) is 9.23. The molecule has 2 aliphatic rings. The van der Waals surface area contributed by atoms with Gasteiger partial charge < -0.3 is 10.0 Å². The molecule has 138 valence electrons. The fraction of sp³-hybridized carbons (Fsp3) is 0.556. The van der Waals surface area contributed by atoms with Crippen LogP contribution in [0.15, 0.2) is 24.1 Å². The van der Waals surface area contributed by atoms with Crippen molar-refractivity contribution in [2.24, 2.45) is 11.3 Å². The molecule has 1 N–H and O–H groups in total. The molecule has 4 heterocycles. The summed E-state index contributed by atoms with van der Waals surface area (Å²) in [6.45, 7) is 6.65. The van der Waals surface area contributed by atoms with Crippen LogP contribution in [0.1, 0.15) is 23.4 Å². The zero-order chi connectivity index (χ0) is 18.1. The van der Waals surface area contributed by atoms with Gasteiger partial charge in [0.1, 0.15) is 5.82 Å². The van der Waals surface area contributed by atoms with E-state index in [4.69, 9.17) is 0 Å². The summed E-state index contributed by atoms with van der Waals surface area (Å²) in [5.74, 6) is 0.631. The van der Waals surface area contributed by atoms with E-state index < -0.39 is 5.97 Å². The Morgan fingerprint density at radius 1 is 1.35 bits per heavy atom. The van der Waals surface area contributed by atoms with E-state index in [9.17, 15) is 9.90 Å². The molecule has 0 radical (unpaired) electrons. The molecule has 2 unspecified atom stereocenters. The van der Waals surface area contributed by atoms with Crippen molar-refractivity contribution in [2.45, 2.75) is 26.3 Å². The Kier molecular flexibility index (Phi) is 4.62. The normalized spacial score (nSPS) is 25.6. The Morgan fingerprint density at radius 3 is 2.92 bits per heavy atom. The third-order valence-corrected chi connectivity index (χ3v) is 6.67. The number of thiazole rings is 1. The van der Waals surface area contributed by atoms with E-state index >= 15 is 0 Å². The molecule has 26 heavy (non-hydrogen) atoms. The number of aromatic nitrogens is 3. The SMILES string of the molecule is Cc1ncsc1CN1CC2CN(c3cnccn3)CC2(CCC(=O)O)C1. The predicted molar refractivity (Wildman–Crippen MR) is 99.2 cm³/mol. The van der Waals surface area contributed by atoms with Crippen LogP contribution in [0.4, 0.5) is 5.82 Å². The first-order chi connectivity index (χ1) is 12.6. The number of carboxylic acids is 1. The summed E-state index contributed by atoms with van der Waals surface area (Å²) in [6.07, 6.45) is 6.12. The lowest BCUT2D eigenvalue weighted by atomic mass is 9.77. The lowest BCUT2D eigenvalue weighted by Crippen LogP contribution is -2.35. The molecular weight excluding hydrogens is 350 g/mol. The van der Waals surface area contributed by atoms with E-state index in [1.54, 1.807) is 29.9 Å². The molecule has 2 aliphatic heterocycles. The van der Waals surface area contributed by atoms with Gasteiger partial charge in [-0.05, 0) is 19.3 Å². The second-order valence-electron chi connectivity index (χ2n) is 7.43. The van der Waals surface area contributed by atoms with Crippen LogP contribution in [0, 0.1) is 18.3 Å². The van der Waals surface area contributed by atoms with Crippen molar-refractivity contribution < 1.29 is 9.90 Å². The van der Waals surface area contributed by atoms with Crippen LogP contribution in [0.5, 0.6) is 0 Å². The summed E-state index contributed by atoms with van der Waals surface area (Å²) in [5.41, 5.74) is 3.01. The first kappa shape index (κ1) is 17.4. The quantitative estimate of drug-likeness (QED) is 0.830. The van der Waals surface area contributed by atoms with Gasteiger partial charge in [-0.25, -0.2) is 9.97 Å². The number of hydrogen-bond acceptors (Lipinski definition) is 7. The maximum atomic E-state index is 11.2. The number of rotatable bonds is 6. The number of carboxylic acid groups (broad SMARTS) is 1. The largest absolute Gasteiger partial charge is 0.481 e. The molecule has 0 aliphatic carbocycles. The second kappa shape index (κ2) is 6.92. The fourth-order valence-corrected chi connectivity index (χ4v) is 5.25. The predicted octanol–water partition coefficient (Wildman–Crippen LogP) is 2.04. The number of aryl methyl sites for hydroxylation is 1. The number of fused-ring (bicyclic) bond motifs is 1. The lowest BCUT2D eigenvalue weighted by molar-refractivity contribution is -0.137. The number of carbonyl (C=O) groups is 1. The van der Waals surface area contributed by atoms with Crippen LogP contribution in [-0.2, 0) is 11.3 Å². The minimum absolute atomic E-state index is 0.00844. The van der Waals surface area contributed by atoms with E-state index in [1.165, 1.54) is 4.88 Å². The minimum atomic E-state index is -0.715. The van der Waals surface area contributed by atoms with Crippen LogP contribution in [0.25, 0.3) is 0 Å². The van der Waals surface area contributed by atoms with Gasteiger partial charge in [-0.2, -0.15) is 0 Å². The van der Waals surface area contributed by atoms with E-state index in [-0.39, 0.29) is 11.8 Å². The van der Waals surface area contributed by atoms with Crippen LogP contribution in [0.2, 0.25) is 0 Å². The Labute approximate surface area is 156 Å². The van der Waals surface area contributed by atoms with E-state index in [2.05, 4.69) is 31.7 Å². The lowest BCUT2D eigenvalue weighted by Gasteiger charge is -2.29. The third kappa shape index (κ3) is 3.31. The summed E-state index contributed by atoms with van der Waals surface area (Å²) >= 11 is 1.70. The smallest absolute Gasteiger partial charge is 0.303 e. The van der Waals surface area contributed by atoms with Crippen LogP contribution >= 0.6 is 11.3 Å². The number of aliphatic carboxylic acids is 1. The van der Waals surface area contributed by atoms with E-state index in [0.717, 1.165) is 44.2 Å². The summed E-state index contributed by atoms with van der Waals surface area (Å²) in [6, 6.07) is 0. The number of likely N-dealkylation sites (tertiary alicyclic amines) is 1. The van der Waals surface area contributed by atoms with E-state index in [1.807, 2.05) is 5.51 Å². The Bertz CT molecular complexity index is 783. The monoisotopic (exact) mass is 373 g/mol. The van der Waals surface area contributed by atoms with Crippen molar-refractivity contribution >= 4 is 23.1 Å². The van der Waals surface area contributed by atoms with Crippen molar-refractivity contribution in [1.29, 1.82) is 0 Å². The van der Waals surface area contributed by atoms with Crippen molar-refractivity contribution in [3.63, 3.8) is 0 Å². The molecule has 7 nitrogen and oxygen atoms in total. The van der Waals surface area contributed by atoms with Gasteiger partial charge in [0.2, 0.25) is 0 Å². The molecule has 0 spiro atoms. The van der Waals surface area contributed by atoms with Crippen LogP contribution < -0.4 is 4.90 Å². The molecule has 2 aromatic heterocycles.